The van der Waals surface area contributed by atoms with Gasteiger partial charge in [-0.1, -0.05) is 34.1 Å². The minimum Gasteiger partial charge on any atom is -0.493 e. The molecule has 2 aromatic rings. The normalized spacial score (nSPS) is 11.9. The fraction of sp³-hybridized carbons (Fsp3) is 0.333. The van der Waals surface area contributed by atoms with Crippen LogP contribution in [0.25, 0.3) is 0 Å². The molecule has 1 atom stereocenters. The summed E-state index contributed by atoms with van der Waals surface area (Å²) in [5, 5.41) is 3.51. The number of benzene rings is 2. The number of hydrogen-bond donors (Lipinski definition) is 1. The first-order valence-corrected chi connectivity index (χ1v) is 8.16. The van der Waals surface area contributed by atoms with Gasteiger partial charge in [0.2, 0.25) is 5.75 Å². The minimum absolute atomic E-state index is 0.213. The largest absolute Gasteiger partial charge is 0.493 e. The third kappa shape index (κ3) is 4.18. The van der Waals surface area contributed by atoms with E-state index in [0.29, 0.717) is 23.8 Å². The summed E-state index contributed by atoms with van der Waals surface area (Å²) in [5.74, 6) is 1.97. The van der Waals surface area contributed by atoms with Crippen LogP contribution in [0.15, 0.2) is 40.9 Å². The van der Waals surface area contributed by atoms with Crippen LogP contribution in [0.1, 0.15) is 24.1 Å². The number of halogens is 1. The standard InChI is InChI=1S/C18H22BrNO3/c1-12(13-6-5-7-15(19)10-13)20-11-14-8-9-16(21-2)18(23-4)17(14)22-3/h5-10,12,20H,11H2,1-4H3/t12-/m1/s1. The molecular weight excluding hydrogens is 358 g/mol. The predicted molar refractivity (Wildman–Crippen MR) is 95.5 cm³/mol. The first kappa shape index (κ1) is 17.6. The van der Waals surface area contributed by atoms with Gasteiger partial charge >= 0.3 is 0 Å². The predicted octanol–water partition coefficient (Wildman–Crippen LogP) is 4.33. The first-order chi connectivity index (χ1) is 11.1. The lowest BCUT2D eigenvalue weighted by Crippen LogP contribution is -2.18. The Balaban J connectivity index is 2.17. The Morgan fingerprint density at radius 1 is 1.00 bits per heavy atom. The van der Waals surface area contributed by atoms with Gasteiger partial charge in [-0.15, -0.1) is 0 Å². The van der Waals surface area contributed by atoms with Crippen LogP contribution >= 0.6 is 15.9 Å². The molecule has 0 aromatic heterocycles. The van der Waals surface area contributed by atoms with E-state index in [4.69, 9.17) is 14.2 Å². The van der Waals surface area contributed by atoms with E-state index in [-0.39, 0.29) is 6.04 Å². The second kappa shape index (κ2) is 8.22. The third-order valence-corrected chi connectivity index (χ3v) is 4.23. The van der Waals surface area contributed by atoms with Crippen molar-refractivity contribution in [1.29, 1.82) is 0 Å². The first-order valence-electron chi connectivity index (χ1n) is 7.37. The number of rotatable bonds is 7. The monoisotopic (exact) mass is 379 g/mol. The molecule has 2 aromatic carbocycles. The van der Waals surface area contributed by atoms with Crippen molar-refractivity contribution in [2.24, 2.45) is 0 Å². The number of methoxy groups -OCH3 is 3. The summed E-state index contributed by atoms with van der Waals surface area (Å²) in [6.45, 7) is 2.80. The lowest BCUT2D eigenvalue weighted by atomic mass is 10.1. The molecular formula is C18H22BrNO3. The molecule has 0 amide bonds. The van der Waals surface area contributed by atoms with Gasteiger partial charge in [-0.2, -0.15) is 0 Å². The zero-order valence-corrected chi connectivity index (χ0v) is 15.4. The number of ether oxygens (including phenoxy) is 3. The quantitative estimate of drug-likeness (QED) is 0.777. The smallest absolute Gasteiger partial charge is 0.203 e. The van der Waals surface area contributed by atoms with Crippen LogP contribution in [0.2, 0.25) is 0 Å². The van der Waals surface area contributed by atoms with Gasteiger partial charge in [-0.25, -0.2) is 0 Å². The fourth-order valence-electron chi connectivity index (χ4n) is 2.46. The Hall–Kier alpha value is -1.72. The van der Waals surface area contributed by atoms with Gasteiger partial charge in [0, 0.05) is 22.6 Å². The van der Waals surface area contributed by atoms with E-state index in [1.54, 1.807) is 21.3 Å². The fourth-order valence-corrected chi connectivity index (χ4v) is 2.88. The summed E-state index contributed by atoms with van der Waals surface area (Å²) in [4.78, 5) is 0. The molecule has 0 saturated carbocycles. The number of hydrogen-bond acceptors (Lipinski definition) is 4. The third-order valence-electron chi connectivity index (χ3n) is 3.73. The van der Waals surface area contributed by atoms with E-state index in [9.17, 15) is 0 Å². The molecule has 0 fully saturated rings. The van der Waals surface area contributed by atoms with Gasteiger partial charge in [0.05, 0.1) is 21.3 Å². The Kier molecular flexibility index (Phi) is 6.30. The van der Waals surface area contributed by atoms with Crippen LogP contribution in [0.3, 0.4) is 0 Å². The van der Waals surface area contributed by atoms with Gasteiger partial charge < -0.3 is 19.5 Å². The zero-order chi connectivity index (χ0) is 16.8. The molecule has 0 aliphatic carbocycles. The molecule has 0 aliphatic heterocycles. The lowest BCUT2D eigenvalue weighted by molar-refractivity contribution is 0.321. The van der Waals surface area contributed by atoms with Crippen molar-refractivity contribution < 1.29 is 14.2 Å². The van der Waals surface area contributed by atoms with Gasteiger partial charge in [0.15, 0.2) is 11.5 Å². The molecule has 23 heavy (non-hydrogen) atoms. The average molecular weight is 380 g/mol. The van der Waals surface area contributed by atoms with Crippen molar-refractivity contribution in [2.75, 3.05) is 21.3 Å². The SMILES string of the molecule is COc1ccc(CN[C@H](C)c2cccc(Br)c2)c(OC)c1OC. The van der Waals surface area contributed by atoms with E-state index >= 15 is 0 Å². The highest BCUT2D eigenvalue weighted by molar-refractivity contribution is 9.10. The maximum absolute atomic E-state index is 5.51. The Morgan fingerprint density at radius 3 is 2.35 bits per heavy atom. The molecule has 0 aliphatic rings. The molecule has 2 rings (SSSR count). The molecule has 0 bridgehead atoms. The Bertz CT molecular complexity index is 661. The summed E-state index contributed by atoms with van der Waals surface area (Å²) in [6, 6.07) is 12.4. The summed E-state index contributed by atoms with van der Waals surface area (Å²) >= 11 is 3.51. The van der Waals surface area contributed by atoms with E-state index < -0.39 is 0 Å². The van der Waals surface area contributed by atoms with E-state index in [0.717, 1.165) is 10.0 Å². The molecule has 0 heterocycles. The van der Waals surface area contributed by atoms with Crippen LogP contribution in [-0.2, 0) is 6.54 Å². The molecule has 0 radical (unpaired) electrons. The molecule has 124 valence electrons. The van der Waals surface area contributed by atoms with E-state index in [1.165, 1.54) is 5.56 Å². The van der Waals surface area contributed by atoms with E-state index in [1.807, 2.05) is 24.3 Å². The van der Waals surface area contributed by atoms with Crippen LogP contribution in [0.5, 0.6) is 17.2 Å². The van der Waals surface area contributed by atoms with Crippen molar-refractivity contribution in [3.05, 3.63) is 52.0 Å². The Labute approximate surface area is 145 Å². The summed E-state index contributed by atoms with van der Waals surface area (Å²) in [7, 11) is 4.87. The molecule has 0 unspecified atom stereocenters. The van der Waals surface area contributed by atoms with Gasteiger partial charge in [0.25, 0.3) is 0 Å². The highest BCUT2D eigenvalue weighted by Crippen LogP contribution is 2.39. The molecule has 4 nitrogen and oxygen atoms in total. The van der Waals surface area contributed by atoms with Crippen molar-refractivity contribution in [2.45, 2.75) is 19.5 Å². The van der Waals surface area contributed by atoms with E-state index in [2.05, 4.69) is 40.3 Å². The van der Waals surface area contributed by atoms with Crippen molar-refractivity contribution in [1.82, 2.24) is 5.32 Å². The molecule has 0 spiro atoms. The second-order valence-electron chi connectivity index (χ2n) is 5.15. The summed E-state index contributed by atoms with van der Waals surface area (Å²) in [5.41, 5.74) is 2.24. The summed E-state index contributed by atoms with van der Waals surface area (Å²) < 4.78 is 17.3. The highest BCUT2D eigenvalue weighted by Gasteiger charge is 2.16. The van der Waals surface area contributed by atoms with Gasteiger partial charge in [-0.3, -0.25) is 0 Å². The molecule has 1 N–H and O–H groups in total. The number of nitrogens with one attached hydrogen (secondary N) is 1. The van der Waals surface area contributed by atoms with Crippen LogP contribution in [0.4, 0.5) is 0 Å². The molecule has 0 saturated heterocycles. The van der Waals surface area contributed by atoms with Crippen LogP contribution in [-0.4, -0.2) is 21.3 Å². The Morgan fingerprint density at radius 2 is 1.74 bits per heavy atom. The second-order valence-corrected chi connectivity index (χ2v) is 6.07. The van der Waals surface area contributed by atoms with Crippen LogP contribution in [0, 0.1) is 0 Å². The maximum atomic E-state index is 5.51. The van der Waals surface area contributed by atoms with Crippen LogP contribution < -0.4 is 19.5 Å². The topological polar surface area (TPSA) is 39.7 Å². The van der Waals surface area contributed by atoms with Crippen molar-refractivity contribution in [3.63, 3.8) is 0 Å². The zero-order valence-electron chi connectivity index (χ0n) is 13.9. The highest BCUT2D eigenvalue weighted by atomic mass is 79.9. The van der Waals surface area contributed by atoms with Gasteiger partial charge in [-0.05, 0) is 30.7 Å². The average Bonchev–Trinajstić information content (AvgIpc) is 2.58. The minimum atomic E-state index is 0.213. The van der Waals surface area contributed by atoms with Crippen molar-refractivity contribution in [3.8, 4) is 17.2 Å². The van der Waals surface area contributed by atoms with Gasteiger partial charge in [0.1, 0.15) is 0 Å². The summed E-state index contributed by atoms with van der Waals surface area (Å²) in [6.07, 6.45) is 0. The molecule has 5 heteroatoms. The van der Waals surface area contributed by atoms with Crippen molar-refractivity contribution >= 4 is 15.9 Å². The lowest BCUT2D eigenvalue weighted by Gasteiger charge is -2.18. The maximum Gasteiger partial charge on any atom is 0.203 e.